The number of rotatable bonds is 6. The lowest BCUT2D eigenvalue weighted by Crippen LogP contribution is -2.13. The molecule has 0 radical (unpaired) electrons. The van der Waals surface area contributed by atoms with Gasteiger partial charge in [0.2, 0.25) is 0 Å². The van der Waals surface area contributed by atoms with E-state index in [4.69, 9.17) is 26.3 Å². The van der Waals surface area contributed by atoms with Gasteiger partial charge in [0.1, 0.15) is 10.7 Å². The fraction of sp³-hybridized carbons (Fsp3) is 0.350. The SMILES string of the molecule is COCCn1c(SC(C)c2nc3sc(C)c(C)c3c(=O)[nH]2)nc2cc(Cl)ccc21. The molecule has 1 unspecified atom stereocenters. The van der Waals surface area contributed by atoms with Crippen LogP contribution in [-0.4, -0.2) is 33.2 Å². The maximum atomic E-state index is 12.6. The summed E-state index contributed by atoms with van der Waals surface area (Å²) in [6.07, 6.45) is 0. The van der Waals surface area contributed by atoms with Crippen LogP contribution in [-0.2, 0) is 11.3 Å². The van der Waals surface area contributed by atoms with Gasteiger partial charge in [-0.1, -0.05) is 23.4 Å². The molecule has 4 rings (SSSR count). The minimum Gasteiger partial charge on any atom is -0.383 e. The molecule has 0 aliphatic carbocycles. The molecule has 152 valence electrons. The molecule has 6 nitrogen and oxygen atoms in total. The molecule has 4 aromatic rings. The van der Waals surface area contributed by atoms with Gasteiger partial charge in [-0.3, -0.25) is 4.79 Å². The highest BCUT2D eigenvalue weighted by Crippen LogP contribution is 2.36. The Labute approximate surface area is 181 Å². The molecular weight excluding hydrogens is 428 g/mol. The van der Waals surface area contributed by atoms with E-state index in [1.165, 1.54) is 0 Å². The first kappa shape index (κ1) is 20.4. The number of nitrogens with zero attached hydrogens (tertiary/aromatic N) is 3. The molecule has 1 N–H and O–H groups in total. The van der Waals surface area contributed by atoms with Crippen molar-refractivity contribution in [1.82, 2.24) is 19.5 Å². The first-order valence-electron chi connectivity index (χ1n) is 9.20. The maximum absolute atomic E-state index is 12.6. The summed E-state index contributed by atoms with van der Waals surface area (Å²) in [5.74, 6) is 0.650. The van der Waals surface area contributed by atoms with Crippen LogP contribution >= 0.6 is 34.7 Å². The molecule has 0 bridgehead atoms. The van der Waals surface area contributed by atoms with Gasteiger partial charge in [-0.2, -0.15) is 0 Å². The number of benzene rings is 1. The van der Waals surface area contributed by atoms with E-state index in [0.29, 0.717) is 29.4 Å². The average Bonchev–Trinajstić information content (AvgIpc) is 3.16. The Balaban J connectivity index is 1.72. The zero-order chi connectivity index (χ0) is 20.7. The van der Waals surface area contributed by atoms with Crippen LogP contribution in [0.15, 0.2) is 28.2 Å². The Morgan fingerprint density at radius 3 is 2.90 bits per heavy atom. The number of aromatic nitrogens is 4. The smallest absolute Gasteiger partial charge is 0.259 e. The zero-order valence-electron chi connectivity index (χ0n) is 16.6. The molecule has 29 heavy (non-hydrogen) atoms. The van der Waals surface area contributed by atoms with Gasteiger partial charge >= 0.3 is 0 Å². The van der Waals surface area contributed by atoms with Crippen molar-refractivity contribution in [2.75, 3.05) is 13.7 Å². The van der Waals surface area contributed by atoms with Crippen molar-refractivity contribution in [3.63, 3.8) is 0 Å². The second kappa shape index (κ2) is 8.10. The van der Waals surface area contributed by atoms with E-state index in [1.807, 2.05) is 39.0 Å². The van der Waals surface area contributed by atoms with Crippen LogP contribution in [0.25, 0.3) is 21.3 Å². The number of hydrogen-bond acceptors (Lipinski definition) is 6. The van der Waals surface area contributed by atoms with Crippen molar-refractivity contribution in [2.45, 2.75) is 37.7 Å². The molecule has 0 fully saturated rings. The molecule has 0 spiro atoms. The molecule has 0 aliphatic rings. The number of aromatic amines is 1. The summed E-state index contributed by atoms with van der Waals surface area (Å²) < 4.78 is 7.38. The lowest BCUT2D eigenvalue weighted by molar-refractivity contribution is 0.186. The number of thiophene rings is 1. The van der Waals surface area contributed by atoms with Crippen LogP contribution in [0.2, 0.25) is 5.02 Å². The Morgan fingerprint density at radius 2 is 2.14 bits per heavy atom. The topological polar surface area (TPSA) is 72.8 Å². The van der Waals surface area contributed by atoms with Gasteiger partial charge in [0, 0.05) is 23.6 Å². The number of methoxy groups -OCH3 is 1. The van der Waals surface area contributed by atoms with E-state index >= 15 is 0 Å². The quantitative estimate of drug-likeness (QED) is 0.415. The van der Waals surface area contributed by atoms with E-state index < -0.39 is 0 Å². The van der Waals surface area contributed by atoms with Gasteiger partial charge < -0.3 is 14.3 Å². The highest BCUT2D eigenvalue weighted by molar-refractivity contribution is 7.99. The Morgan fingerprint density at radius 1 is 1.34 bits per heavy atom. The molecule has 3 aromatic heterocycles. The highest BCUT2D eigenvalue weighted by Gasteiger charge is 2.19. The van der Waals surface area contributed by atoms with Crippen LogP contribution in [0.3, 0.4) is 0 Å². The number of fused-ring (bicyclic) bond motifs is 2. The summed E-state index contributed by atoms with van der Waals surface area (Å²) in [4.78, 5) is 27.0. The monoisotopic (exact) mass is 448 g/mol. The maximum Gasteiger partial charge on any atom is 0.259 e. The first-order valence-corrected chi connectivity index (χ1v) is 11.3. The summed E-state index contributed by atoms with van der Waals surface area (Å²) >= 11 is 9.26. The Bertz CT molecular complexity index is 1260. The fourth-order valence-corrected chi connectivity index (χ4v) is 5.46. The second-order valence-corrected chi connectivity index (χ2v) is 9.79. The van der Waals surface area contributed by atoms with Crippen molar-refractivity contribution in [2.24, 2.45) is 0 Å². The Kier molecular flexibility index (Phi) is 5.70. The second-order valence-electron chi connectivity index (χ2n) is 6.85. The minimum absolute atomic E-state index is 0.0802. The van der Waals surface area contributed by atoms with Crippen LogP contribution in [0.4, 0.5) is 0 Å². The molecule has 0 saturated heterocycles. The normalized spacial score (nSPS) is 12.9. The molecule has 1 aromatic carbocycles. The van der Waals surface area contributed by atoms with Crippen molar-refractivity contribution in [1.29, 1.82) is 0 Å². The number of ether oxygens (including phenoxy) is 1. The number of imidazole rings is 1. The molecule has 9 heteroatoms. The number of thioether (sulfide) groups is 1. The molecule has 0 aliphatic heterocycles. The molecule has 0 amide bonds. The number of hydrogen-bond donors (Lipinski definition) is 1. The zero-order valence-corrected chi connectivity index (χ0v) is 19.0. The number of nitrogens with one attached hydrogen (secondary N) is 1. The van der Waals surface area contributed by atoms with E-state index in [1.54, 1.807) is 30.2 Å². The standard InChI is InChI=1S/C20H21ClN4O2S2/c1-10-11(2)28-19-16(10)18(26)23-17(24-19)12(3)29-20-22-14-9-13(21)5-6-15(14)25(20)7-8-27-4/h5-6,9,12H,7-8H2,1-4H3,(H,23,24,26). The van der Waals surface area contributed by atoms with Gasteiger partial charge in [0.25, 0.3) is 5.56 Å². The van der Waals surface area contributed by atoms with Gasteiger partial charge in [0.05, 0.1) is 28.3 Å². The molecule has 0 saturated carbocycles. The van der Waals surface area contributed by atoms with Crippen LogP contribution in [0.1, 0.15) is 28.4 Å². The lowest BCUT2D eigenvalue weighted by Gasteiger charge is -2.12. The summed E-state index contributed by atoms with van der Waals surface area (Å²) in [6, 6.07) is 5.69. The Hall–Kier alpha value is -1.87. The summed E-state index contributed by atoms with van der Waals surface area (Å²) in [6.45, 7) is 7.25. The summed E-state index contributed by atoms with van der Waals surface area (Å²) in [5.41, 5.74) is 2.76. The average molecular weight is 449 g/mol. The molecular formula is C20H21ClN4O2S2. The van der Waals surface area contributed by atoms with Gasteiger partial charge in [0.15, 0.2) is 5.16 Å². The van der Waals surface area contributed by atoms with E-state index in [9.17, 15) is 4.79 Å². The third-order valence-electron chi connectivity index (χ3n) is 4.92. The summed E-state index contributed by atoms with van der Waals surface area (Å²) in [5, 5.41) is 2.10. The van der Waals surface area contributed by atoms with E-state index in [0.717, 1.165) is 31.5 Å². The predicted molar refractivity (Wildman–Crippen MR) is 121 cm³/mol. The van der Waals surface area contributed by atoms with Gasteiger partial charge in [-0.05, 0) is 44.5 Å². The van der Waals surface area contributed by atoms with E-state index in [-0.39, 0.29) is 10.8 Å². The van der Waals surface area contributed by atoms with E-state index in [2.05, 4.69) is 9.55 Å². The highest BCUT2D eigenvalue weighted by atomic mass is 35.5. The molecule has 3 heterocycles. The predicted octanol–water partition coefficient (Wildman–Crippen LogP) is 5.10. The van der Waals surface area contributed by atoms with Crippen molar-refractivity contribution < 1.29 is 4.74 Å². The molecule has 1 atom stereocenters. The van der Waals surface area contributed by atoms with Crippen molar-refractivity contribution in [3.8, 4) is 0 Å². The van der Waals surface area contributed by atoms with Crippen LogP contribution in [0, 0.1) is 13.8 Å². The summed E-state index contributed by atoms with van der Waals surface area (Å²) in [7, 11) is 1.68. The van der Waals surface area contributed by atoms with Crippen LogP contribution < -0.4 is 5.56 Å². The van der Waals surface area contributed by atoms with Crippen molar-refractivity contribution in [3.05, 3.63) is 49.8 Å². The lowest BCUT2D eigenvalue weighted by atomic mass is 10.2. The fourth-order valence-electron chi connectivity index (χ4n) is 3.25. The first-order chi connectivity index (χ1) is 13.9. The van der Waals surface area contributed by atoms with Gasteiger partial charge in [-0.15, -0.1) is 11.3 Å². The number of halogens is 1. The van der Waals surface area contributed by atoms with Crippen LogP contribution in [0.5, 0.6) is 0 Å². The largest absolute Gasteiger partial charge is 0.383 e. The number of aryl methyl sites for hydroxylation is 2. The number of H-pyrrole nitrogens is 1. The van der Waals surface area contributed by atoms with Gasteiger partial charge in [-0.25, -0.2) is 9.97 Å². The van der Waals surface area contributed by atoms with Crippen molar-refractivity contribution >= 4 is 55.9 Å². The third kappa shape index (κ3) is 3.82. The third-order valence-corrected chi connectivity index (χ3v) is 7.35. The minimum atomic E-state index is -0.0843.